The minimum absolute atomic E-state index is 0.261. The van der Waals surface area contributed by atoms with Crippen LogP contribution in [0.1, 0.15) is 36.5 Å². The van der Waals surface area contributed by atoms with Gasteiger partial charge < -0.3 is 14.8 Å². The molecule has 2 aromatic rings. The first kappa shape index (κ1) is 21.4. The fourth-order valence-electron chi connectivity index (χ4n) is 2.76. The van der Waals surface area contributed by atoms with E-state index >= 15 is 0 Å². The zero-order chi connectivity index (χ0) is 20.5. The molecule has 0 aromatic heterocycles. The first-order valence-corrected chi connectivity index (χ1v) is 9.25. The minimum atomic E-state index is -0.612. The van der Waals surface area contributed by atoms with Crippen LogP contribution in [0.4, 0.5) is 4.39 Å². The maximum absolute atomic E-state index is 12.8. The molecule has 5 nitrogen and oxygen atoms in total. The van der Waals surface area contributed by atoms with Gasteiger partial charge in [0, 0.05) is 6.54 Å². The van der Waals surface area contributed by atoms with Crippen molar-refractivity contribution in [3.05, 3.63) is 65.0 Å². The molecule has 6 heteroatoms. The first-order valence-electron chi connectivity index (χ1n) is 9.25. The van der Waals surface area contributed by atoms with E-state index in [-0.39, 0.29) is 19.0 Å². The van der Waals surface area contributed by atoms with Crippen LogP contribution in [-0.4, -0.2) is 31.6 Å². The summed E-state index contributed by atoms with van der Waals surface area (Å²) < 4.78 is 23.2. The van der Waals surface area contributed by atoms with Crippen molar-refractivity contribution in [1.82, 2.24) is 5.32 Å². The van der Waals surface area contributed by atoms with Crippen molar-refractivity contribution < 1.29 is 23.5 Å². The van der Waals surface area contributed by atoms with Gasteiger partial charge in [-0.25, -0.2) is 9.18 Å². The summed E-state index contributed by atoms with van der Waals surface area (Å²) in [6.07, 6.45) is 0.564. The minimum Gasteiger partial charge on any atom is -0.482 e. The summed E-state index contributed by atoms with van der Waals surface area (Å²) >= 11 is 0. The highest BCUT2D eigenvalue weighted by Crippen LogP contribution is 2.23. The Kier molecular flexibility index (Phi) is 7.99. The molecular weight excluding hydrogens is 361 g/mol. The van der Waals surface area contributed by atoms with Gasteiger partial charge in [0.2, 0.25) is 0 Å². The third-order valence-corrected chi connectivity index (χ3v) is 4.23. The van der Waals surface area contributed by atoms with Crippen LogP contribution in [0.3, 0.4) is 0 Å². The molecule has 0 saturated carbocycles. The maximum atomic E-state index is 12.8. The Labute approximate surface area is 164 Å². The molecule has 2 rings (SSSR count). The number of esters is 1. The second kappa shape index (κ2) is 10.4. The SMILES string of the molecule is Cc1cc(OCC(=O)OCC(=O)NCCc2ccc(F)cc2)ccc1C(C)C. The number of benzene rings is 2. The maximum Gasteiger partial charge on any atom is 0.344 e. The molecule has 0 spiro atoms. The highest BCUT2D eigenvalue weighted by molar-refractivity contribution is 5.80. The van der Waals surface area contributed by atoms with Crippen molar-refractivity contribution in [3.63, 3.8) is 0 Å². The number of aryl methyl sites for hydroxylation is 1. The second-order valence-corrected chi connectivity index (χ2v) is 6.85. The van der Waals surface area contributed by atoms with Crippen molar-refractivity contribution in [1.29, 1.82) is 0 Å². The van der Waals surface area contributed by atoms with E-state index in [1.807, 2.05) is 25.1 Å². The Morgan fingerprint density at radius 1 is 1.07 bits per heavy atom. The zero-order valence-corrected chi connectivity index (χ0v) is 16.5. The molecule has 0 aliphatic carbocycles. The summed E-state index contributed by atoms with van der Waals surface area (Å²) in [5.41, 5.74) is 3.24. The van der Waals surface area contributed by atoms with Crippen LogP contribution in [0.25, 0.3) is 0 Å². The quantitative estimate of drug-likeness (QED) is 0.669. The van der Waals surface area contributed by atoms with Gasteiger partial charge in [0.1, 0.15) is 11.6 Å². The summed E-state index contributed by atoms with van der Waals surface area (Å²) in [5.74, 6) is -0.303. The van der Waals surface area contributed by atoms with E-state index in [0.29, 0.717) is 24.6 Å². The van der Waals surface area contributed by atoms with Crippen LogP contribution in [0.5, 0.6) is 5.75 Å². The number of halogens is 1. The number of amides is 1. The number of hydrogen-bond donors (Lipinski definition) is 1. The number of ether oxygens (including phenoxy) is 2. The van der Waals surface area contributed by atoms with E-state index in [1.54, 1.807) is 12.1 Å². The molecule has 0 aliphatic heterocycles. The zero-order valence-electron chi connectivity index (χ0n) is 16.5. The Morgan fingerprint density at radius 2 is 1.79 bits per heavy atom. The van der Waals surface area contributed by atoms with Gasteiger partial charge in [0.05, 0.1) is 0 Å². The number of carbonyl (C=O) groups excluding carboxylic acids is 2. The standard InChI is InChI=1S/C22H26FNO4/c1-15(2)20-9-8-19(12-16(20)3)27-14-22(26)28-13-21(25)24-11-10-17-4-6-18(23)7-5-17/h4-9,12,15H,10-11,13-14H2,1-3H3,(H,24,25). The van der Waals surface area contributed by atoms with E-state index in [1.165, 1.54) is 17.7 Å². The molecule has 0 aliphatic rings. The van der Waals surface area contributed by atoms with Gasteiger partial charge in [0.25, 0.3) is 5.91 Å². The average molecular weight is 387 g/mol. The van der Waals surface area contributed by atoms with E-state index in [4.69, 9.17) is 9.47 Å². The Morgan fingerprint density at radius 3 is 2.43 bits per heavy atom. The van der Waals surface area contributed by atoms with E-state index in [2.05, 4.69) is 19.2 Å². The molecule has 1 N–H and O–H groups in total. The lowest BCUT2D eigenvalue weighted by molar-refractivity contribution is -0.150. The van der Waals surface area contributed by atoms with Crippen LogP contribution in [-0.2, 0) is 20.7 Å². The highest BCUT2D eigenvalue weighted by Gasteiger charge is 2.10. The van der Waals surface area contributed by atoms with Crippen LogP contribution >= 0.6 is 0 Å². The lowest BCUT2D eigenvalue weighted by Gasteiger charge is -2.12. The Balaban J connectivity index is 1.65. The summed E-state index contributed by atoms with van der Waals surface area (Å²) in [6, 6.07) is 11.7. The molecule has 0 bridgehead atoms. The number of nitrogens with one attached hydrogen (secondary N) is 1. The molecule has 0 atom stereocenters. The van der Waals surface area contributed by atoms with Crippen LogP contribution in [0, 0.1) is 12.7 Å². The first-order chi connectivity index (χ1) is 13.3. The number of carbonyl (C=O) groups is 2. The van der Waals surface area contributed by atoms with Crippen LogP contribution in [0.15, 0.2) is 42.5 Å². The molecule has 150 valence electrons. The average Bonchev–Trinajstić information content (AvgIpc) is 2.66. The molecule has 2 aromatic carbocycles. The predicted molar refractivity (Wildman–Crippen MR) is 105 cm³/mol. The van der Waals surface area contributed by atoms with Gasteiger partial charge in [-0.05, 0) is 60.2 Å². The van der Waals surface area contributed by atoms with Crippen molar-refractivity contribution in [3.8, 4) is 5.75 Å². The Bertz CT molecular complexity index is 803. The predicted octanol–water partition coefficient (Wildman–Crippen LogP) is 3.54. The third-order valence-electron chi connectivity index (χ3n) is 4.23. The van der Waals surface area contributed by atoms with Crippen molar-refractivity contribution in [2.24, 2.45) is 0 Å². The van der Waals surface area contributed by atoms with Crippen molar-refractivity contribution in [2.75, 3.05) is 19.8 Å². The monoisotopic (exact) mass is 387 g/mol. The van der Waals surface area contributed by atoms with Crippen LogP contribution in [0.2, 0.25) is 0 Å². The fourth-order valence-corrected chi connectivity index (χ4v) is 2.76. The van der Waals surface area contributed by atoms with Crippen LogP contribution < -0.4 is 10.1 Å². The molecule has 0 saturated heterocycles. The lowest BCUT2D eigenvalue weighted by atomic mass is 9.98. The number of hydrogen-bond acceptors (Lipinski definition) is 4. The summed E-state index contributed by atoms with van der Waals surface area (Å²) in [6.45, 7) is 5.98. The van der Waals surface area contributed by atoms with Crippen molar-refractivity contribution >= 4 is 11.9 Å². The van der Waals surface area contributed by atoms with Gasteiger partial charge >= 0.3 is 5.97 Å². The van der Waals surface area contributed by atoms with Gasteiger partial charge in [-0.2, -0.15) is 0 Å². The fraction of sp³-hybridized carbons (Fsp3) is 0.364. The summed E-state index contributed by atoms with van der Waals surface area (Å²) in [4.78, 5) is 23.5. The van der Waals surface area contributed by atoms with Gasteiger partial charge in [-0.15, -0.1) is 0 Å². The lowest BCUT2D eigenvalue weighted by Crippen LogP contribution is -2.31. The topological polar surface area (TPSA) is 64.6 Å². The molecule has 0 heterocycles. The van der Waals surface area contributed by atoms with Gasteiger partial charge in [-0.1, -0.05) is 32.0 Å². The highest BCUT2D eigenvalue weighted by atomic mass is 19.1. The van der Waals surface area contributed by atoms with Gasteiger partial charge in [0.15, 0.2) is 13.2 Å². The third kappa shape index (κ3) is 7.02. The molecule has 0 fully saturated rings. The molecular formula is C22H26FNO4. The second-order valence-electron chi connectivity index (χ2n) is 6.85. The van der Waals surface area contributed by atoms with Crippen molar-refractivity contribution in [2.45, 2.75) is 33.1 Å². The largest absolute Gasteiger partial charge is 0.482 e. The van der Waals surface area contributed by atoms with E-state index in [9.17, 15) is 14.0 Å². The van der Waals surface area contributed by atoms with Gasteiger partial charge in [-0.3, -0.25) is 4.79 Å². The van der Waals surface area contributed by atoms with E-state index < -0.39 is 11.9 Å². The molecule has 0 radical (unpaired) electrons. The normalized spacial score (nSPS) is 10.6. The molecule has 1 amide bonds. The summed E-state index contributed by atoms with van der Waals surface area (Å²) in [5, 5.41) is 2.65. The van der Waals surface area contributed by atoms with E-state index in [0.717, 1.165) is 11.1 Å². The number of rotatable bonds is 9. The summed E-state index contributed by atoms with van der Waals surface area (Å²) in [7, 11) is 0. The smallest absolute Gasteiger partial charge is 0.344 e. The molecule has 0 unspecified atom stereocenters. The Hall–Kier alpha value is -2.89. The molecule has 28 heavy (non-hydrogen) atoms.